The molecule has 0 rings (SSSR count). The van der Waals surface area contributed by atoms with E-state index in [0.717, 1.165) is 0 Å². The molecule has 0 heterocycles. The van der Waals surface area contributed by atoms with Gasteiger partial charge in [0.25, 0.3) is 0 Å². The molecule has 2 N–H and O–H groups in total. The number of nitrogens with zero attached hydrogens (tertiary/aromatic N) is 1. The number of rotatable bonds is 0. The molecule has 0 saturated carbocycles. The summed E-state index contributed by atoms with van der Waals surface area (Å²) in [7, 11) is 0. The average Bonchev–Trinajstić information content (AvgIpc) is 0.918. The van der Waals surface area contributed by atoms with Crippen LogP contribution in [0.4, 0.5) is 0 Å². The van der Waals surface area contributed by atoms with E-state index in [0.29, 0.717) is 0 Å². The minimum atomic E-state index is 0. The van der Waals surface area contributed by atoms with Gasteiger partial charge in [-0.1, -0.05) is 12.6 Å². The molecule has 0 saturated heterocycles. The van der Waals surface area contributed by atoms with Crippen LogP contribution in [0.5, 0.6) is 0 Å². The molecule has 0 aromatic carbocycles. The molecule has 0 aliphatic carbocycles. The van der Waals surface area contributed by atoms with Crippen molar-refractivity contribution in [3.05, 3.63) is 0 Å². The van der Waals surface area contributed by atoms with Gasteiger partial charge < -0.3 is 5.48 Å². The van der Waals surface area contributed by atoms with Crippen molar-refractivity contribution in [1.82, 2.24) is 0 Å². The van der Waals surface area contributed by atoms with E-state index < -0.39 is 0 Å². The quantitative estimate of drug-likeness (QED) is 0.233. The second-order valence-electron chi connectivity index (χ2n) is 0.100. The molecule has 0 fully saturated rings. The van der Waals surface area contributed by atoms with Crippen molar-refractivity contribution in [3.63, 3.8) is 0 Å². The maximum atomic E-state index is 7.18. The standard InChI is InChI=1S/CHNS.Li.H2O/c2-1-3;;/h3H;;1H2. The maximum Gasteiger partial charge on any atom is 0.130 e. The largest absolute Gasteiger partial charge is 0.412 e. The van der Waals surface area contributed by atoms with Crippen molar-refractivity contribution >= 4 is 31.5 Å². The summed E-state index contributed by atoms with van der Waals surface area (Å²) in [6, 6.07) is 0. The first-order valence-electron chi connectivity index (χ1n) is 0.447. The summed E-state index contributed by atoms with van der Waals surface area (Å²) < 4.78 is 0. The summed E-state index contributed by atoms with van der Waals surface area (Å²) in [6.45, 7) is 0. The molecule has 0 atom stereocenters. The van der Waals surface area contributed by atoms with E-state index in [4.69, 9.17) is 5.26 Å². The number of nitriles is 1. The molecular weight excluding hydrogens is 81.0 g/mol. The van der Waals surface area contributed by atoms with E-state index >= 15 is 0 Å². The van der Waals surface area contributed by atoms with Gasteiger partial charge in [-0.15, -0.1) is 0 Å². The third-order valence-corrected chi connectivity index (χ3v) is 0. The molecular formula is CH3LiNOS. The van der Waals surface area contributed by atoms with Crippen LogP contribution in [0.3, 0.4) is 0 Å². The Hall–Kier alpha value is 0.397. The molecule has 1 radical (unpaired) electrons. The van der Waals surface area contributed by atoms with Crippen LogP contribution in [-0.2, 0) is 0 Å². The van der Waals surface area contributed by atoms with Crippen molar-refractivity contribution in [1.29, 1.82) is 5.26 Å². The molecule has 0 aromatic rings. The second-order valence-corrected chi connectivity index (χ2v) is 0.300. The Balaban J connectivity index is -0.0000000200. The molecule has 4 heteroatoms. The van der Waals surface area contributed by atoms with E-state index in [1.165, 1.54) is 5.40 Å². The topological polar surface area (TPSA) is 55.3 Å². The first-order valence-corrected chi connectivity index (χ1v) is 0.894. The third-order valence-electron chi connectivity index (χ3n) is 0. The SMILES string of the molecule is N#CS.O.[Li]. The van der Waals surface area contributed by atoms with E-state index in [2.05, 4.69) is 12.6 Å². The normalized spacial score (nSPS) is 1.60. The van der Waals surface area contributed by atoms with Gasteiger partial charge in [-0.3, -0.25) is 0 Å². The van der Waals surface area contributed by atoms with Crippen LogP contribution in [0.25, 0.3) is 0 Å². The molecule has 0 amide bonds. The first-order chi connectivity index (χ1) is 1.41. The molecule has 0 unspecified atom stereocenters. The zero-order chi connectivity index (χ0) is 2.71. The Bertz CT molecular complexity index is 33.1. The smallest absolute Gasteiger partial charge is 0.130 e. The first kappa shape index (κ1) is 18.2. The molecule has 25 valence electrons. The zero-order valence-electron chi connectivity index (χ0n) is 2.89. The van der Waals surface area contributed by atoms with Crippen LogP contribution in [0, 0.1) is 10.7 Å². The van der Waals surface area contributed by atoms with E-state index in [9.17, 15) is 0 Å². The Morgan fingerprint density at radius 1 is 1.60 bits per heavy atom. The van der Waals surface area contributed by atoms with Crippen LogP contribution in [-0.4, -0.2) is 24.3 Å². The van der Waals surface area contributed by atoms with Crippen molar-refractivity contribution in [3.8, 4) is 5.40 Å². The maximum absolute atomic E-state index is 7.18. The number of thiol groups is 1. The molecule has 0 aliphatic heterocycles. The van der Waals surface area contributed by atoms with E-state index in [1.54, 1.807) is 0 Å². The third kappa shape index (κ3) is 160. The average molecular weight is 84.0 g/mol. The predicted octanol–water partition coefficient (Wildman–Crippen LogP) is -0.808. The van der Waals surface area contributed by atoms with Crippen LogP contribution >= 0.6 is 12.6 Å². The molecule has 0 bridgehead atoms. The van der Waals surface area contributed by atoms with Crippen LogP contribution in [0.2, 0.25) is 0 Å². The fourth-order valence-electron chi connectivity index (χ4n) is 0. The predicted molar refractivity (Wildman–Crippen MR) is 24.0 cm³/mol. The van der Waals surface area contributed by atoms with E-state index in [-0.39, 0.29) is 24.3 Å². The van der Waals surface area contributed by atoms with Gasteiger partial charge >= 0.3 is 0 Å². The van der Waals surface area contributed by atoms with Crippen LogP contribution < -0.4 is 0 Å². The van der Waals surface area contributed by atoms with E-state index in [1.807, 2.05) is 0 Å². The molecule has 2 nitrogen and oxygen atoms in total. The van der Waals surface area contributed by atoms with Gasteiger partial charge in [-0.2, -0.15) is 5.26 Å². The van der Waals surface area contributed by atoms with Gasteiger partial charge in [-0.05, 0) is 0 Å². The van der Waals surface area contributed by atoms with Gasteiger partial charge in [0.2, 0.25) is 0 Å². The summed E-state index contributed by atoms with van der Waals surface area (Å²) in [5.74, 6) is 0. The molecule has 0 aliphatic rings. The van der Waals surface area contributed by atoms with Gasteiger partial charge in [0.1, 0.15) is 5.40 Å². The van der Waals surface area contributed by atoms with Gasteiger partial charge in [0, 0.05) is 18.9 Å². The number of hydrogen-bond acceptors (Lipinski definition) is 2. The van der Waals surface area contributed by atoms with Gasteiger partial charge in [0.15, 0.2) is 0 Å². The van der Waals surface area contributed by atoms with Crippen LogP contribution in [0.1, 0.15) is 0 Å². The minimum Gasteiger partial charge on any atom is -0.412 e. The van der Waals surface area contributed by atoms with Gasteiger partial charge in [0.05, 0.1) is 0 Å². The summed E-state index contributed by atoms with van der Waals surface area (Å²) in [6.07, 6.45) is 0. The Morgan fingerprint density at radius 3 is 1.60 bits per heavy atom. The summed E-state index contributed by atoms with van der Waals surface area (Å²) in [4.78, 5) is 0. The fourth-order valence-corrected chi connectivity index (χ4v) is 0. The van der Waals surface area contributed by atoms with Crippen molar-refractivity contribution in [2.24, 2.45) is 0 Å². The summed E-state index contributed by atoms with van der Waals surface area (Å²) >= 11 is 3.09. The summed E-state index contributed by atoms with van der Waals surface area (Å²) in [5.41, 5.74) is 0. The van der Waals surface area contributed by atoms with Gasteiger partial charge in [-0.25, -0.2) is 0 Å². The molecule has 5 heavy (non-hydrogen) atoms. The monoisotopic (exact) mass is 84.0 g/mol. The second kappa shape index (κ2) is 26.0. The Labute approximate surface area is 48.1 Å². The Kier molecular flexibility index (Phi) is 94.4. The number of thiocyanates is 1. The van der Waals surface area contributed by atoms with Crippen molar-refractivity contribution in [2.75, 3.05) is 0 Å². The van der Waals surface area contributed by atoms with Crippen molar-refractivity contribution in [2.45, 2.75) is 0 Å². The minimum absolute atomic E-state index is 0. The van der Waals surface area contributed by atoms with Crippen molar-refractivity contribution < 1.29 is 5.48 Å². The molecule has 0 aromatic heterocycles. The zero-order valence-corrected chi connectivity index (χ0v) is 3.79. The molecule has 0 spiro atoms. The Morgan fingerprint density at radius 2 is 1.60 bits per heavy atom. The number of hydrogen-bond donors (Lipinski definition) is 1. The van der Waals surface area contributed by atoms with Crippen LogP contribution in [0.15, 0.2) is 0 Å². The fraction of sp³-hybridized carbons (Fsp3) is 0. The summed E-state index contributed by atoms with van der Waals surface area (Å²) in [5, 5.41) is 8.63.